The minimum Gasteiger partial charge on any atom is -0.391 e. The third-order valence-electron chi connectivity index (χ3n) is 7.19. The number of carbonyl (C=O) groups excluding carboxylic acids is 1. The molecule has 2 aliphatic heterocycles. The van der Waals surface area contributed by atoms with Gasteiger partial charge >= 0.3 is 0 Å². The van der Waals surface area contributed by atoms with Gasteiger partial charge in [0.1, 0.15) is 0 Å². The highest BCUT2D eigenvalue weighted by Crippen LogP contribution is 2.38. The Bertz CT molecular complexity index is 1320. The highest BCUT2D eigenvalue weighted by molar-refractivity contribution is 6.13. The Labute approximate surface area is 186 Å². The van der Waals surface area contributed by atoms with Crippen molar-refractivity contribution in [3.8, 4) is 11.1 Å². The average molecular weight is 427 g/mol. The lowest BCUT2D eigenvalue weighted by atomic mass is 9.87. The Morgan fingerprint density at radius 3 is 2.41 bits per heavy atom. The van der Waals surface area contributed by atoms with Crippen LogP contribution in [-0.2, 0) is 4.74 Å². The van der Waals surface area contributed by atoms with Gasteiger partial charge in [-0.25, -0.2) is 0 Å². The quantitative estimate of drug-likeness (QED) is 0.486. The number of ether oxygens (including phenoxy) is 1. The van der Waals surface area contributed by atoms with Crippen molar-refractivity contribution >= 4 is 27.6 Å². The van der Waals surface area contributed by atoms with Gasteiger partial charge in [0, 0.05) is 47.7 Å². The van der Waals surface area contributed by atoms with Crippen molar-refractivity contribution in [2.45, 2.75) is 31.0 Å². The van der Waals surface area contributed by atoms with Crippen LogP contribution in [0.3, 0.4) is 0 Å². The van der Waals surface area contributed by atoms with Crippen molar-refractivity contribution in [3.63, 3.8) is 0 Å². The molecule has 3 heterocycles. The Morgan fingerprint density at radius 2 is 1.66 bits per heavy atom. The summed E-state index contributed by atoms with van der Waals surface area (Å²) in [6.07, 6.45) is 3.91. The van der Waals surface area contributed by atoms with E-state index in [9.17, 15) is 9.90 Å². The van der Waals surface area contributed by atoms with E-state index in [0.29, 0.717) is 26.1 Å². The first-order valence-corrected chi connectivity index (χ1v) is 11.3. The fourth-order valence-electron chi connectivity index (χ4n) is 5.47. The second kappa shape index (κ2) is 7.47. The first-order valence-electron chi connectivity index (χ1n) is 11.3. The van der Waals surface area contributed by atoms with E-state index in [0.717, 1.165) is 45.8 Å². The highest BCUT2D eigenvalue weighted by atomic mass is 16.5. The van der Waals surface area contributed by atoms with Gasteiger partial charge in [0.25, 0.3) is 5.91 Å². The molecule has 2 fully saturated rings. The van der Waals surface area contributed by atoms with Crippen LogP contribution in [0.15, 0.2) is 66.9 Å². The van der Waals surface area contributed by atoms with Crippen molar-refractivity contribution in [1.82, 2.24) is 9.88 Å². The van der Waals surface area contributed by atoms with Crippen molar-refractivity contribution in [2.24, 2.45) is 0 Å². The second-order valence-electron chi connectivity index (χ2n) is 9.10. The van der Waals surface area contributed by atoms with E-state index in [-0.39, 0.29) is 17.6 Å². The fourth-order valence-corrected chi connectivity index (χ4v) is 5.47. The largest absolute Gasteiger partial charge is 0.391 e. The number of aliphatic hydroxyl groups excluding tert-OH is 1. The number of piperidine rings is 1. The van der Waals surface area contributed by atoms with Crippen LogP contribution >= 0.6 is 0 Å². The molecule has 1 atom stereocenters. The molecular weight excluding hydrogens is 400 g/mol. The number of amides is 1. The van der Waals surface area contributed by atoms with Crippen molar-refractivity contribution in [3.05, 3.63) is 72.4 Å². The van der Waals surface area contributed by atoms with Gasteiger partial charge in [0.2, 0.25) is 0 Å². The van der Waals surface area contributed by atoms with Crippen LogP contribution in [0.4, 0.5) is 0 Å². The SMILES string of the molecule is O=C(c1ccc(-c2c[nH]c3ccccc23)c2ccccc12)N1CCC2(CC1)CC(O)CO2. The van der Waals surface area contributed by atoms with Crippen molar-refractivity contribution < 1.29 is 14.6 Å². The molecule has 162 valence electrons. The summed E-state index contributed by atoms with van der Waals surface area (Å²) in [5, 5.41) is 13.1. The number of H-pyrrole nitrogens is 1. The Kier molecular flexibility index (Phi) is 4.56. The maximum absolute atomic E-state index is 13.5. The number of nitrogens with one attached hydrogen (secondary N) is 1. The molecule has 1 amide bonds. The minimum absolute atomic E-state index is 0.0695. The maximum Gasteiger partial charge on any atom is 0.254 e. The standard InChI is InChI=1S/C27H26N2O3/c30-18-15-27(32-17-18)11-13-29(14-12-27)26(31)23-10-9-21(19-5-1-2-6-20(19)23)24-16-28-25-8-4-3-7-22(24)25/h1-10,16,18,28,30H,11-15,17H2. The van der Waals surface area contributed by atoms with E-state index in [1.165, 1.54) is 5.39 Å². The van der Waals surface area contributed by atoms with Crippen LogP contribution in [0.2, 0.25) is 0 Å². The summed E-state index contributed by atoms with van der Waals surface area (Å²) in [5.74, 6) is 0.0695. The number of hydrogen-bond acceptors (Lipinski definition) is 3. The molecule has 1 spiro atoms. The molecule has 5 heteroatoms. The van der Waals surface area contributed by atoms with E-state index in [1.807, 2.05) is 41.4 Å². The molecule has 0 aliphatic carbocycles. The summed E-state index contributed by atoms with van der Waals surface area (Å²) in [6, 6.07) is 20.5. The van der Waals surface area contributed by atoms with Gasteiger partial charge < -0.3 is 19.7 Å². The molecule has 0 bridgehead atoms. The second-order valence-corrected chi connectivity index (χ2v) is 9.10. The summed E-state index contributed by atoms with van der Waals surface area (Å²) in [5.41, 5.74) is 3.87. The zero-order chi connectivity index (χ0) is 21.7. The molecule has 0 radical (unpaired) electrons. The molecule has 0 saturated carbocycles. The van der Waals surface area contributed by atoms with Crippen LogP contribution in [0.1, 0.15) is 29.6 Å². The summed E-state index contributed by atoms with van der Waals surface area (Å²) in [7, 11) is 0. The first kappa shape index (κ1) is 19.5. The highest BCUT2D eigenvalue weighted by Gasteiger charge is 2.43. The molecule has 2 aliphatic rings. The minimum atomic E-state index is -0.377. The third kappa shape index (κ3) is 3.12. The number of para-hydroxylation sites is 1. The fraction of sp³-hybridized carbons (Fsp3) is 0.296. The van der Waals surface area contributed by atoms with Gasteiger partial charge in [0.15, 0.2) is 0 Å². The Hall–Kier alpha value is -3.15. The smallest absolute Gasteiger partial charge is 0.254 e. The lowest BCUT2D eigenvalue weighted by Crippen LogP contribution is -2.46. The molecule has 6 rings (SSSR count). The Balaban J connectivity index is 1.35. The first-order chi connectivity index (χ1) is 15.6. The summed E-state index contributed by atoms with van der Waals surface area (Å²) in [6.45, 7) is 1.72. The molecule has 3 aromatic carbocycles. The number of carbonyl (C=O) groups is 1. The van der Waals surface area contributed by atoms with Crippen LogP contribution in [-0.4, -0.2) is 52.3 Å². The number of aromatic amines is 1. The normalized spacial score (nSPS) is 20.4. The third-order valence-corrected chi connectivity index (χ3v) is 7.19. The van der Waals surface area contributed by atoms with E-state index >= 15 is 0 Å². The van der Waals surface area contributed by atoms with Crippen molar-refractivity contribution in [2.75, 3.05) is 19.7 Å². The molecule has 32 heavy (non-hydrogen) atoms. The number of nitrogens with zero attached hydrogens (tertiary/aromatic N) is 1. The Morgan fingerprint density at radius 1 is 0.938 bits per heavy atom. The lowest BCUT2D eigenvalue weighted by molar-refractivity contribution is -0.0397. The van der Waals surface area contributed by atoms with E-state index in [1.54, 1.807) is 0 Å². The number of aromatic nitrogens is 1. The topological polar surface area (TPSA) is 65.6 Å². The molecule has 4 aromatic rings. The maximum atomic E-state index is 13.5. The number of aliphatic hydroxyl groups is 1. The predicted octanol–water partition coefficient (Wildman–Crippen LogP) is 4.74. The monoisotopic (exact) mass is 426 g/mol. The van der Waals surface area contributed by atoms with Gasteiger partial charge in [-0.1, -0.05) is 48.5 Å². The zero-order valence-corrected chi connectivity index (χ0v) is 17.9. The number of fused-ring (bicyclic) bond motifs is 2. The van der Waals surface area contributed by atoms with Crippen LogP contribution < -0.4 is 0 Å². The van der Waals surface area contributed by atoms with Crippen molar-refractivity contribution in [1.29, 1.82) is 0 Å². The summed E-state index contributed by atoms with van der Waals surface area (Å²) >= 11 is 0. The molecule has 2 N–H and O–H groups in total. The van der Waals surface area contributed by atoms with Crippen LogP contribution in [0, 0.1) is 0 Å². The summed E-state index contributed by atoms with van der Waals surface area (Å²) in [4.78, 5) is 18.8. The molecule has 2 saturated heterocycles. The zero-order valence-electron chi connectivity index (χ0n) is 17.9. The summed E-state index contributed by atoms with van der Waals surface area (Å²) < 4.78 is 5.90. The predicted molar refractivity (Wildman–Crippen MR) is 126 cm³/mol. The molecule has 1 aromatic heterocycles. The van der Waals surface area contributed by atoms with Gasteiger partial charge in [-0.15, -0.1) is 0 Å². The number of likely N-dealkylation sites (tertiary alicyclic amines) is 1. The number of rotatable bonds is 2. The van der Waals surface area contributed by atoms with E-state index in [2.05, 4.69) is 35.3 Å². The molecule has 5 nitrogen and oxygen atoms in total. The van der Waals surface area contributed by atoms with Gasteiger partial charge in [-0.3, -0.25) is 4.79 Å². The van der Waals surface area contributed by atoms with Gasteiger partial charge in [-0.2, -0.15) is 0 Å². The molecule has 1 unspecified atom stereocenters. The molecular formula is C27H26N2O3. The van der Waals surface area contributed by atoms with Gasteiger partial charge in [0.05, 0.1) is 18.3 Å². The average Bonchev–Trinajstić information content (AvgIpc) is 3.42. The number of benzene rings is 3. The van der Waals surface area contributed by atoms with Crippen LogP contribution in [0.5, 0.6) is 0 Å². The lowest BCUT2D eigenvalue weighted by Gasteiger charge is -2.38. The van der Waals surface area contributed by atoms with Gasteiger partial charge in [-0.05, 0) is 41.3 Å². The van der Waals surface area contributed by atoms with E-state index < -0.39 is 0 Å². The number of hydrogen-bond donors (Lipinski definition) is 2. The van der Waals surface area contributed by atoms with Crippen LogP contribution in [0.25, 0.3) is 32.8 Å². The van der Waals surface area contributed by atoms with E-state index in [4.69, 9.17) is 4.74 Å².